The van der Waals surface area contributed by atoms with Gasteiger partial charge in [0.15, 0.2) is 0 Å². The Kier molecular flexibility index (Phi) is 9.22. The van der Waals surface area contributed by atoms with Crippen LogP contribution in [0.5, 0.6) is 0 Å². The molecule has 1 heterocycles. The number of carbonyl (C=O) groups excluding carboxylic acids is 1. The average Bonchev–Trinajstić information content (AvgIpc) is 2.55. The molecule has 0 saturated carbocycles. The first-order valence-electron chi connectivity index (χ1n) is 8.46. The summed E-state index contributed by atoms with van der Waals surface area (Å²) in [5.41, 5.74) is 6.81. The van der Waals surface area contributed by atoms with Crippen LogP contribution in [0.2, 0.25) is 0 Å². The van der Waals surface area contributed by atoms with E-state index >= 15 is 0 Å². The van der Waals surface area contributed by atoms with Gasteiger partial charge >= 0.3 is 0 Å². The van der Waals surface area contributed by atoms with Gasteiger partial charge in [0.2, 0.25) is 5.91 Å². The van der Waals surface area contributed by atoms with E-state index in [1.54, 1.807) is 0 Å². The van der Waals surface area contributed by atoms with Crippen LogP contribution in [0.3, 0.4) is 0 Å². The molecule has 4 nitrogen and oxygen atoms in total. The molecule has 1 aromatic carbocycles. The lowest BCUT2D eigenvalue weighted by atomic mass is 9.96. The fourth-order valence-electron chi connectivity index (χ4n) is 3.22. The maximum Gasteiger partial charge on any atom is 0.221 e. The zero-order valence-electron chi connectivity index (χ0n) is 14.0. The molecule has 2 atom stereocenters. The molecule has 2 rings (SSSR count). The van der Waals surface area contributed by atoms with Gasteiger partial charge < -0.3 is 11.1 Å². The molecule has 1 amide bonds. The molecule has 0 bridgehead atoms. The highest BCUT2D eigenvalue weighted by atomic mass is 35.5. The summed E-state index contributed by atoms with van der Waals surface area (Å²) in [6.07, 6.45) is 4.11. The van der Waals surface area contributed by atoms with E-state index in [1.807, 2.05) is 0 Å². The standard InChI is InChI=1S/C18H29N3O.ClH/c1-15(16-7-3-2-4-8-16)14-21-12-6-5-9-17(21)13-20-18(22)10-11-19;/h2-4,7-8,15,17H,5-6,9-14,19H2,1H3,(H,20,22);1H. The molecular weight excluding hydrogens is 310 g/mol. The number of rotatable bonds is 7. The number of piperidine rings is 1. The monoisotopic (exact) mass is 339 g/mol. The molecule has 2 unspecified atom stereocenters. The number of nitrogens with two attached hydrogens (primary N) is 1. The van der Waals surface area contributed by atoms with Crippen molar-refractivity contribution in [2.45, 2.75) is 44.6 Å². The van der Waals surface area contributed by atoms with Crippen LogP contribution in [0.1, 0.15) is 44.1 Å². The maximum atomic E-state index is 11.6. The van der Waals surface area contributed by atoms with Crippen LogP contribution >= 0.6 is 12.4 Å². The first kappa shape index (κ1) is 19.9. The summed E-state index contributed by atoms with van der Waals surface area (Å²) in [6, 6.07) is 11.1. The molecule has 130 valence electrons. The third kappa shape index (κ3) is 6.50. The molecule has 1 aliphatic rings. The van der Waals surface area contributed by atoms with Crippen molar-refractivity contribution in [2.75, 3.05) is 26.2 Å². The van der Waals surface area contributed by atoms with Crippen LogP contribution in [0.4, 0.5) is 0 Å². The molecule has 5 heteroatoms. The van der Waals surface area contributed by atoms with Crippen molar-refractivity contribution in [3.05, 3.63) is 35.9 Å². The molecule has 0 radical (unpaired) electrons. The van der Waals surface area contributed by atoms with Crippen molar-refractivity contribution >= 4 is 18.3 Å². The van der Waals surface area contributed by atoms with Crippen molar-refractivity contribution < 1.29 is 4.79 Å². The van der Waals surface area contributed by atoms with Crippen LogP contribution in [0.15, 0.2) is 30.3 Å². The van der Waals surface area contributed by atoms with Gasteiger partial charge in [-0.25, -0.2) is 0 Å². The van der Waals surface area contributed by atoms with Crippen molar-refractivity contribution in [2.24, 2.45) is 5.73 Å². The van der Waals surface area contributed by atoms with Crippen molar-refractivity contribution in [1.29, 1.82) is 0 Å². The highest BCUT2D eigenvalue weighted by Crippen LogP contribution is 2.22. The summed E-state index contributed by atoms with van der Waals surface area (Å²) >= 11 is 0. The van der Waals surface area contributed by atoms with Crippen molar-refractivity contribution in [1.82, 2.24) is 10.2 Å². The Morgan fingerprint density at radius 1 is 1.35 bits per heavy atom. The number of nitrogens with zero attached hydrogens (tertiary/aromatic N) is 1. The van der Waals surface area contributed by atoms with Gasteiger partial charge in [0, 0.05) is 32.1 Å². The van der Waals surface area contributed by atoms with Gasteiger partial charge in [-0.2, -0.15) is 0 Å². The van der Waals surface area contributed by atoms with Crippen molar-refractivity contribution in [3.8, 4) is 0 Å². The lowest BCUT2D eigenvalue weighted by molar-refractivity contribution is -0.121. The second-order valence-electron chi connectivity index (χ2n) is 6.30. The van der Waals surface area contributed by atoms with E-state index in [1.165, 1.54) is 24.8 Å². The van der Waals surface area contributed by atoms with Crippen LogP contribution in [-0.2, 0) is 4.79 Å². The third-order valence-electron chi connectivity index (χ3n) is 4.53. The molecule has 3 N–H and O–H groups in total. The Labute approximate surface area is 146 Å². The van der Waals surface area contributed by atoms with E-state index in [9.17, 15) is 4.79 Å². The SMILES string of the molecule is CC(CN1CCCCC1CNC(=O)CCN)c1ccccc1.Cl. The number of likely N-dealkylation sites (tertiary alicyclic amines) is 1. The molecule has 0 aromatic heterocycles. The normalized spacial score (nSPS) is 19.7. The Bertz CT molecular complexity index is 455. The number of halogens is 1. The number of hydrogen-bond acceptors (Lipinski definition) is 3. The maximum absolute atomic E-state index is 11.6. The number of carbonyl (C=O) groups is 1. The zero-order chi connectivity index (χ0) is 15.8. The molecule has 1 aliphatic heterocycles. The summed E-state index contributed by atoms with van der Waals surface area (Å²) in [4.78, 5) is 14.2. The van der Waals surface area contributed by atoms with Gasteiger partial charge in [-0.3, -0.25) is 9.69 Å². The number of benzene rings is 1. The van der Waals surface area contributed by atoms with E-state index in [-0.39, 0.29) is 18.3 Å². The second-order valence-corrected chi connectivity index (χ2v) is 6.30. The smallest absolute Gasteiger partial charge is 0.221 e. The van der Waals surface area contributed by atoms with Crippen LogP contribution in [-0.4, -0.2) is 43.0 Å². The summed E-state index contributed by atoms with van der Waals surface area (Å²) in [5.74, 6) is 0.589. The van der Waals surface area contributed by atoms with E-state index in [2.05, 4.69) is 47.5 Å². The Morgan fingerprint density at radius 2 is 2.09 bits per heavy atom. The van der Waals surface area contributed by atoms with E-state index in [0.717, 1.165) is 19.6 Å². The average molecular weight is 340 g/mol. The van der Waals surface area contributed by atoms with Crippen LogP contribution in [0.25, 0.3) is 0 Å². The first-order valence-corrected chi connectivity index (χ1v) is 8.46. The van der Waals surface area contributed by atoms with Crippen LogP contribution in [0, 0.1) is 0 Å². The van der Waals surface area contributed by atoms with Crippen LogP contribution < -0.4 is 11.1 Å². The number of amides is 1. The fourth-order valence-corrected chi connectivity index (χ4v) is 3.22. The Hall–Kier alpha value is -1.10. The highest BCUT2D eigenvalue weighted by molar-refractivity contribution is 5.85. The molecule has 0 aliphatic carbocycles. The van der Waals surface area contributed by atoms with Gasteiger partial charge in [-0.05, 0) is 30.9 Å². The van der Waals surface area contributed by atoms with Gasteiger partial charge in [0.1, 0.15) is 0 Å². The van der Waals surface area contributed by atoms with Gasteiger partial charge in [-0.15, -0.1) is 12.4 Å². The molecule has 23 heavy (non-hydrogen) atoms. The predicted molar refractivity (Wildman–Crippen MR) is 98.0 cm³/mol. The molecular formula is C18H30ClN3O. The van der Waals surface area contributed by atoms with E-state index in [4.69, 9.17) is 5.73 Å². The minimum atomic E-state index is 0. The van der Waals surface area contributed by atoms with Gasteiger partial charge in [0.25, 0.3) is 0 Å². The quantitative estimate of drug-likeness (QED) is 0.802. The summed E-state index contributed by atoms with van der Waals surface area (Å²) in [5, 5.41) is 3.04. The number of nitrogens with one attached hydrogen (secondary N) is 1. The van der Waals surface area contributed by atoms with Gasteiger partial charge in [-0.1, -0.05) is 43.7 Å². The molecule has 1 fully saturated rings. The Balaban J connectivity index is 0.00000264. The number of hydrogen-bond donors (Lipinski definition) is 2. The molecule has 1 aromatic rings. The minimum absolute atomic E-state index is 0. The highest BCUT2D eigenvalue weighted by Gasteiger charge is 2.24. The summed E-state index contributed by atoms with van der Waals surface area (Å²) in [6.45, 7) is 5.65. The first-order chi connectivity index (χ1) is 10.7. The second kappa shape index (κ2) is 10.6. The third-order valence-corrected chi connectivity index (χ3v) is 4.53. The van der Waals surface area contributed by atoms with E-state index < -0.39 is 0 Å². The van der Waals surface area contributed by atoms with E-state index in [0.29, 0.717) is 24.9 Å². The van der Waals surface area contributed by atoms with Crippen molar-refractivity contribution in [3.63, 3.8) is 0 Å². The fraction of sp³-hybridized carbons (Fsp3) is 0.611. The zero-order valence-corrected chi connectivity index (χ0v) is 14.9. The minimum Gasteiger partial charge on any atom is -0.354 e. The lowest BCUT2D eigenvalue weighted by Gasteiger charge is -2.37. The molecule has 0 spiro atoms. The summed E-state index contributed by atoms with van der Waals surface area (Å²) in [7, 11) is 0. The summed E-state index contributed by atoms with van der Waals surface area (Å²) < 4.78 is 0. The van der Waals surface area contributed by atoms with Gasteiger partial charge in [0.05, 0.1) is 0 Å². The Morgan fingerprint density at radius 3 is 2.78 bits per heavy atom. The topological polar surface area (TPSA) is 58.4 Å². The largest absolute Gasteiger partial charge is 0.354 e. The lowest BCUT2D eigenvalue weighted by Crippen LogP contribution is -2.48. The molecule has 1 saturated heterocycles. The predicted octanol–water partition coefficient (Wildman–Crippen LogP) is 2.53.